The molecule has 0 fully saturated rings. The zero-order valence-corrected chi connectivity index (χ0v) is 33.7. The third kappa shape index (κ3) is 223. The summed E-state index contributed by atoms with van der Waals surface area (Å²) in [6.45, 7) is 26.1. The molecule has 0 aromatic heterocycles. The molecule has 4 unspecified atom stereocenters. The first kappa shape index (κ1) is 98.2. The zero-order chi connectivity index (χ0) is 26.8. The van der Waals surface area contributed by atoms with Gasteiger partial charge in [-0.05, 0) is 6.92 Å². The fraction of sp³-hybridized carbons (Fsp3) is 0.613. The van der Waals surface area contributed by atoms with Crippen molar-refractivity contribution in [2.75, 3.05) is 28.4 Å². The molecule has 2 aromatic rings. The molecule has 7 heteroatoms. The van der Waals surface area contributed by atoms with Gasteiger partial charge < -0.3 is 9.47 Å². The molecule has 2 aromatic carbocycles. The van der Waals surface area contributed by atoms with Gasteiger partial charge in [0.2, 0.25) is 0 Å². The van der Waals surface area contributed by atoms with Crippen molar-refractivity contribution in [2.45, 2.75) is 105 Å². The first-order valence-electron chi connectivity index (χ1n) is 12.0. The van der Waals surface area contributed by atoms with Crippen molar-refractivity contribution in [3.8, 4) is 0 Å². The van der Waals surface area contributed by atoms with E-state index in [4.69, 9.17) is 0 Å². The maximum Gasteiger partial charge on any atom is 0.0351 e. The van der Waals surface area contributed by atoms with Crippen LogP contribution in [0.4, 0.5) is 0 Å². The maximum absolute atomic E-state index is 4.25. The summed E-state index contributed by atoms with van der Waals surface area (Å²) in [6, 6.07) is 22.3. The summed E-state index contributed by atoms with van der Waals surface area (Å²) in [5.41, 5.74) is 1.32. The zero-order valence-electron chi connectivity index (χ0n) is 28.1. The highest BCUT2D eigenvalue weighted by Gasteiger charge is 1.72. The molecule has 3 radical (unpaired) electrons. The number of hydrogen-bond acceptors (Lipinski definition) is 2. The first-order valence-corrected chi connectivity index (χ1v) is 12.0. The lowest BCUT2D eigenvalue weighted by atomic mass is 10.2. The van der Waals surface area contributed by atoms with Gasteiger partial charge in [0, 0.05) is 36.9 Å². The molecule has 0 aliphatic heterocycles. The van der Waals surface area contributed by atoms with Crippen molar-refractivity contribution in [3.05, 3.63) is 72.3 Å². The molecule has 2 rings (SSSR count). The van der Waals surface area contributed by atoms with Crippen LogP contribution in [0.1, 0.15) is 104 Å². The Morgan fingerprint density at radius 1 is 0.368 bits per heavy atom. The number of rotatable bonds is 0. The molecule has 0 N–H and O–H groups in total. The van der Waals surface area contributed by atoms with Crippen LogP contribution >= 0.6 is 39.6 Å². The molecule has 4 atom stereocenters. The van der Waals surface area contributed by atoms with E-state index in [0.717, 1.165) is 0 Å². The summed E-state index contributed by atoms with van der Waals surface area (Å²) in [4.78, 5) is 0. The fourth-order valence-corrected chi connectivity index (χ4v) is 0.919. The van der Waals surface area contributed by atoms with Crippen LogP contribution in [-0.2, 0) is 9.47 Å². The maximum atomic E-state index is 4.25. The summed E-state index contributed by atoms with van der Waals surface area (Å²) in [5, 5.41) is 0. The van der Waals surface area contributed by atoms with E-state index in [-0.39, 0.29) is 62.9 Å². The van der Waals surface area contributed by atoms with E-state index in [2.05, 4.69) is 28.5 Å². The Hall–Kier alpha value is 0.145. The third-order valence-corrected chi connectivity index (χ3v) is 1.61. The van der Waals surface area contributed by atoms with Gasteiger partial charge in [-0.15, -0.1) is 0 Å². The highest BCUT2D eigenvalue weighted by atomic mass is 31.0. The highest BCUT2D eigenvalue weighted by molar-refractivity contribution is 6.92. The number of hydrogen-bond donors (Lipinski definition) is 0. The Morgan fingerprint density at radius 3 is 0.553 bits per heavy atom. The molecular weight excluding hydrogens is 539 g/mol. The van der Waals surface area contributed by atoms with Crippen molar-refractivity contribution in [1.29, 1.82) is 0 Å². The molecular formula is C31H82BO2P4. The van der Waals surface area contributed by atoms with Gasteiger partial charge in [-0.1, -0.05) is 170 Å². The minimum atomic E-state index is 0. The van der Waals surface area contributed by atoms with E-state index in [1.54, 1.807) is 28.4 Å². The van der Waals surface area contributed by atoms with E-state index < -0.39 is 0 Å². The van der Waals surface area contributed by atoms with Crippen molar-refractivity contribution in [3.63, 3.8) is 0 Å². The standard InChI is InChI=1S/C7H8.C6H6.2C2H6O.6C2H6.2CH4.B.4H3P/c1-7-5-3-2-4-6-7;1-2-4-6-5-3-1;2*1-3-2;6*1-2;;;;;;;/h2-6H,1H3;1-6H;2*1-2H3;6*1-2H3;2*1H4;;4*1H3. The third-order valence-electron chi connectivity index (χ3n) is 1.61. The van der Waals surface area contributed by atoms with Crippen LogP contribution in [-0.4, -0.2) is 36.9 Å². The van der Waals surface area contributed by atoms with Crippen molar-refractivity contribution in [2.24, 2.45) is 0 Å². The van der Waals surface area contributed by atoms with Crippen LogP contribution in [0.5, 0.6) is 0 Å². The van der Waals surface area contributed by atoms with E-state index >= 15 is 0 Å². The largest absolute Gasteiger partial charge is 0.388 e. The van der Waals surface area contributed by atoms with Crippen LogP contribution in [0.15, 0.2) is 66.7 Å². The number of ether oxygens (including phenoxy) is 2. The molecule has 38 heavy (non-hydrogen) atoms. The average Bonchev–Trinajstić information content (AvgIpc) is 2.89. The molecule has 0 spiro atoms. The van der Waals surface area contributed by atoms with E-state index in [0.29, 0.717) is 0 Å². The average molecular weight is 622 g/mol. The van der Waals surface area contributed by atoms with Gasteiger partial charge in [0.25, 0.3) is 0 Å². The van der Waals surface area contributed by atoms with Gasteiger partial charge >= 0.3 is 0 Å². The second-order valence-electron chi connectivity index (χ2n) is 3.63. The molecule has 0 amide bonds. The molecule has 2 nitrogen and oxygen atoms in total. The Labute approximate surface area is 262 Å². The Morgan fingerprint density at radius 2 is 0.474 bits per heavy atom. The van der Waals surface area contributed by atoms with Gasteiger partial charge in [0.15, 0.2) is 0 Å². The highest BCUT2D eigenvalue weighted by Crippen LogP contribution is 1.92. The molecule has 0 bridgehead atoms. The predicted molar refractivity (Wildman–Crippen MR) is 215 cm³/mol. The molecule has 0 heterocycles. The summed E-state index contributed by atoms with van der Waals surface area (Å²) in [7, 11) is 6.50. The molecule has 0 saturated carbocycles. The van der Waals surface area contributed by atoms with Crippen LogP contribution in [0.2, 0.25) is 0 Å². The fourth-order valence-electron chi connectivity index (χ4n) is 0.919. The van der Waals surface area contributed by atoms with Gasteiger partial charge in [-0.2, -0.15) is 39.6 Å². The lowest BCUT2D eigenvalue weighted by Crippen LogP contribution is -1.62. The summed E-state index contributed by atoms with van der Waals surface area (Å²) < 4.78 is 8.50. The number of methoxy groups -OCH3 is 2. The van der Waals surface area contributed by atoms with Gasteiger partial charge in [0.05, 0.1) is 0 Å². The van der Waals surface area contributed by atoms with Gasteiger partial charge in [0.1, 0.15) is 0 Å². The Balaban J connectivity index is -0.0000000123. The minimum Gasteiger partial charge on any atom is -0.388 e. The minimum absolute atomic E-state index is 0. The second-order valence-corrected chi connectivity index (χ2v) is 3.63. The van der Waals surface area contributed by atoms with Crippen molar-refractivity contribution in [1.82, 2.24) is 0 Å². The van der Waals surface area contributed by atoms with E-state index in [9.17, 15) is 0 Å². The molecule has 0 aliphatic carbocycles. The van der Waals surface area contributed by atoms with E-state index in [1.165, 1.54) is 5.56 Å². The summed E-state index contributed by atoms with van der Waals surface area (Å²) in [5.74, 6) is 0. The Bertz CT molecular complexity index is 331. The van der Waals surface area contributed by atoms with Crippen LogP contribution < -0.4 is 0 Å². The first-order chi connectivity index (χ1) is 15.2. The lowest BCUT2D eigenvalue weighted by Gasteiger charge is -1.82. The summed E-state index contributed by atoms with van der Waals surface area (Å²) in [6.07, 6.45) is 0. The second kappa shape index (κ2) is 186. The number of benzene rings is 2. The molecule has 241 valence electrons. The van der Waals surface area contributed by atoms with Crippen LogP contribution in [0.3, 0.4) is 0 Å². The Kier molecular flexibility index (Phi) is 481. The SMILES string of the molecule is C.C.CC.CC.CC.CC.CC.CC.COC.COC.Cc1ccccc1.P.P.P.P.[B].c1ccccc1. The van der Waals surface area contributed by atoms with Crippen molar-refractivity contribution < 1.29 is 9.47 Å². The quantitative estimate of drug-likeness (QED) is 0.215. The molecule has 0 saturated heterocycles. The smallest absolute Gasteiger partial charge is 0.0351 e. The van der Waals surface area contributed by atoms with Crippen molar-refractivity contribution >= 4 is 48.0 Å². The van der Waals surface area contributed by atoms with Crippen LogP contribution in [0, 0.1) is 6.92 Å². The van der Waals surface area contributed by atoms with E-state index in [1.807, 2.05) is 138 Å². The van der Waals surface area contributed by atoms with Gasteiger partial charge in [-0.25, -0.2) is 0 Å². The predicted octanol–water partition coefficient (Wildman–Crippen LogP) is 11.5. The monoisotopic (exact) mass is 622 g/mol. The van der Waals surface area contributed by atoms with Gasteiger partial charge in [-0.3, -0.25) is 0 Å². The summed E-state index contributed by atoms with van der Waals surface area (Å²) >= 11 is 0. The molecule has 0 aliphatic rings. The van der Waals surface area contributed by atoms with Crippen LogP contribution in [0.25, 0.3) is 0 Å². The lowest BCUT2D eigenvalue weighted by molar-refractivity contribution is 0.277. The normalized spacial score (nSPS) is 4.76. The number of aryl methyl sites for hydroxylation is 1. The topological polar surface area (TPSA) is 18.5 Å².